The molecule has 6 nitrogen and oxygen atoms in total. The molecule has 6 heteroatoms. The van der Waals surface area contributed by atoms with Gasteiger partial charge in [-0.15, -0.1) is 0 Å². The van der Waals surface area contributed by atoms with Crippen LogP contribution in [0.5, 0.6) is 0 Å². The summed E-state index contributed by atoms with van der Waals surface area (Å²) in [6.07, 6.45) is 8.65. The van der Waals surface area contributed by atoms with Gasteiger partial charge < -0.3 is 15.5 Å². The van der Waals surface area contributed by atoms with E-state index in [0.29, 0.717) is 32.4 Å². The molecule has 1 aliphatic heterocycles. The van der Waals surface area contributed by atoms with Gasteiger partial charge in [-0.1, -0.05) is 0 Å². The second kappa shape index (κ2) is 6.86. The third-order valence-corrected chi connectivity index (χ3v) is 7.15. The molecule has 1 heterocycles. The number of carbonyl (C=O) groups is 3. The molecule has 0 radical (unpaired) electrons. The molecule has 0 aromatic carbocycles. The first-order valence-corrected chi connectivity index (χ1v) is 10.3. The Morgan fingerprint density at radius 2 is 1.73 bits per heavy atom. The molecule has 2 N–H and O–H groups in total. The van der Waals surface area contributed by atoms with E-state index < -0.39 is 0 Å². The number of carbonyl (C=O) groups excluding carboxylic acids is 3. The van der Waals surface area contributed by atoms with E-state index in [4.69, 9.17) is 0 Å². The van der Waals surface area contributed by atoms with Crippen LogP contribution >= 0.6 is 0 Å². The van der Waals surface area contributed by atoms with Crippen LogP contribution in [0.15, 0.2) is 0 Å². The Morgan fingerprint density at radius 3 is 2.31 bits per heavy atom. The average Bonchev–Trinajstić information content (AvgIpc) is 2.57. The summed E-state index contributed by atoms with van der Waals surface area (Å²) in [7, 11) is 1.77. The Kier molecular flexibility index (Phi) is 4.70. The topological polar surface area (TPSA) is 78.5 Å². The predicted molar refractivity (Wildman–Crippen MR) is 97.0 cm³/mol. The number of amides is 3. The first kappa shape index (κ1) is 17.8. The highest BCUT2D eigenvalue weighted by Gasteiger charge is 2.54. The number of hydrogen-bond acceptors (Lipinski definition) is 3. The van der Waals surface area contributed by atoms with Crippen LogP contribution in [0, 0.1) is 23.2 Å². The van der Waals surface area contributed by atoms with Gasteiger partial charge in [0.05, 0.1) is 0 Å². The molecule has 4 bridgehead atoms. The van der Waals surface area contributed by atoms with Crippen molar-refractivity contribution in [3.63, 3.8) is 0 Å². The highest BCUT2D eigenvalue weighted by molar-refractivity contribution is 5.84. The summed E-state index contributed by atoms with van der Waals surface area (Å²) in [5.41, 5.74) is -0.141. The van der Waals surface area contributed by atoms with Gasteiger partial charge in [0.25, 0.3) is 0 Å². The molecule has 5 aliphatic rings. The van der Waals surface area contributed by atoms with Gasteiger partial charge in [-0.3, -0.25) is 14.4 Å². The molecule has 1 unspecified atom stereocenters. The molecule has 5 fully saturated rings. The maximum absolute atomic E-state index is 12.9. The van der Waals surface area contributed by atoms with Crippen LogP contribution in [-0.4, -0.2) is 48.8 Å². The van der Waals surface area contributed by atoms with E-state index in [-0.39, 0.29) is 29.2 Å². The van der Waals surface area contributed by atoms with Crippen molar-refractivity contribution in [2.24, 2.45) is 23.2 Å². The highest BCUT2D eigenvalue weighted by Crippen LogP contribution is 2.60. The molecular weight excluding hydrogens is 330 g/mol. The molecule has 3 amide bonds. The Labute approximate surface area is 155 Å². The summed E-state index contributed by atoms with van der Waals surface area (Å²) in [6.45, 7) is 0.984. The zero-order valence-electron chi connectivity index (χ0n) is 15.8. The minimum absolute atomic E-state index is 0.0315. The van der Waals surface area contributed by atoms with Crippen LogP contribution in [0.4, 0.5) is 0 Å². The predicted octanol–water partition coefficient (Wildman–Crippen LogP) is 1.45. The van der Waals surface area contributed by atoms with Crippen molar-refractivity contribution in [3.05, 3.63) is 0 Å². The first-order chi connectivity index (χ1) is 12.4. The summed E-state index contributed by atoms with van der Waals surface area (Å²) in [5.74, 6) is 2.54. The third-order valence-electron chi connectivity index (χ3n) is 7.15. The highest BCUT2D eigenvalue weighted by atomic mass is 16.2. The second-order valence-electron chi connectivity index (χ2n) is 9.28. The lowest BCUT2D eigenvalue weighted by molar-refractivity contribution is -0.146. The fourth-order valence-corrected chi connectivity index (χ4v) is 6.30. The lowest BCUT2D eigenvalue weighted by Crippen LogP contribution is -2.54. The summed E-state index contributed by atoms with van der Waals surface area (Å²) >= 11 is 0. The zero-order valence-corrected chi connectivity index (χ0v) is 15.8. The first-order valence-electron chi connectivity index (χ1n) is 10.3. The van der Waals surface area contributed by atoms with Crippen LogP contribution in [-0.2, 0) is 14.4 Å². The van der Waals surface area contributed by atoms with Crippen molar-refractivity contribution in [3.8, 4) is 0 Å². The molecule has 5 rings (SSSR count). The Balaban J connectivity index is 1.22. The second-order valence-corrected chi connectivity index (χ2v) is 9.28. The monoisotopic (exact) mass is 361 g/mol. The van der Waals surface area contributed by atoms with Gasteiger partial charge in [0.2, 0.25) is 17.7 Å². The lowest BCUT2D eigenvalue weighted by Gasteiger charge is -2.55. The normalized spacial score (nSPS) is 38.3. The minimum atomic E-state index is -0.141. The largest absolute Gasteiger partial charge is 0.355 e. The number of hydrogen-bond donors (Lipinski definition) is 2. The van der Waals surface area contributed by atoms with Gasteiger partial charge in [-0.25, -0.2) is 0 Å². The maximum atomic E-state index is 12.9. The zero-order chi connectivity index (χ0) is 18.3. The van der Waals surface area contributed by atoms with Gasteiger partial charge in [-0.05, 0) is 62.7 Å². The molecule has 4 saturated carbocycles. The van der Waals surface area contributed by atoms with E-state index in [1.165, 1.54) is 19.3 Å². The van der Waals surface area contributed by atoms with Crippen LogP contribution in [0.1, 0.15) is 57.8 Å². The van der Waals surface area contributed by atoms with E-state index >= 15 is 0 Å². The quantitative estimate of drug-likeness (QED) is 0.778. The van der Waals surface area contributed by atoms with Gasteiger partial charge in [0, 0.05) is 44.4 Å². The van der Waals surface area contributed by atoms with E-state index in [1.807, 2.05) is 0 Å². The van der Waals surface area contributed by atoms with Gasteiger partial charge >= 0.3 is 0 Å². The molecule has 0 spiro atoms. The molecule has 26 heavy (non-hydrogen) atoms. The number of nitrogens with one attached hydrogen (secondary N) is 2. The standard InChI is InChI=1S/C20H31N3O3/c1-23-12-16(2-3-18(23)25)22-17(24)4-5-21-19(26)20-9-13-6-14(10-20)8-15(7-13)11-20/h13-16H,2-12H2,1H3,(H,21,26)(H,22,24). The SMILES string of the molecule is CN1CC(NC(=O)CCNC(=O)C23CC4CC(CC(C4)C2)C3)CCC1=O. The van der Waals surface area contributed by atoms with Crippen LogP contribution < -0.4 is 10.6 Å². The Hall–Kier alpha value is -1.59. The van der Waals surface area contributed by atoms with Crippen molar-refractivity contribution in [2.75, 3.05) is 20.1 Å². The summed E-state index contributed by atoms with van der Waals surface area (Å²) in [4.78, 5) is 38.2. The van der Waals surface area contributed by atoms with Crippen LogP contribution in [0.3, 0.4) is 0 Å². The molecule has 4 aliphatic carbocycles. The van der Waals surface area contributed by atoms with E-state index in [9.17, 15) is 14.4 Å². The van der Waals surface area contributed by atoms with Crippen LogP contribution in [0.2, 0.25) is 0 Å². The van der Waals surface area contributed by atoms with Gasteiger partial charge in [-0.2, -0.15) is 0 Å². The molecule has 1 atom stereocenters. The molecule has 144 valence electrons. The minimum Gasteiger partial charge on any atom is -0.355 e. The molecule has 0 aromatic rings. The van der Waals surface area contributed by atoms with E-state index in [2.05, 4.69) is 10.6 Å². The Morgan fingerprint density at radius 1 is 1.12 bits per heavy atom. The molecular formula is C20H31N3O3. The van der Waals surface area contributed by atoms with Gasteiger partial charge in [0.1, 0.15) is 0 Å². The van der Waals surface area contributed by atoms with Crippen molar-refractivity contribution in [2.45, 2.75) is 63.8 Å². The molecule has 1 saturated heterocycles. The fraction of sp³-hybridized carbons (Fsp3) is 0.850. The fourth-order valence-electron chi connectivity index (χ4n) is 6.30. The lowest BCUT2D eigenvalue weighted by atomic mass is 9.49. The van der Waals surface area contributed by atoms with E-state index in [1.54, 1.807) is 11.9 Å². The number of nitrogens with zero attached hydrogens (tertiary/aromatic N) is 1. The Bertz CT molecular complexity index is 568. The number of rotatable bonds is 5. The molecule has 0 aromatic heterocycles. The van der Waals surface area contributed by atoms with E-state index in [0.717, 1.165) is 37.0 Å². The number of likely N-dealkylation sites (N-methyl/N-ethyl adjacent to an activating group) is 1. The average molecular weight is 361 g/mol. The number of piperidine rings is 1. The number of likely N-dealkylation sites (tertiary alicyclic amines) is 1. The summed E-state index contributed by atoms with van der Waals surface area (Å²) in [6, 6.07) is 0.0315. The van der Waals surface area contributed by atoms with Crippen molar-refractivity contribution < 1.29 is 14.4 Å². The van der Waals surface area contributed by atoms with Crippen LogP contribution in [0.25, 0.3) is 0 Å². The smallest absolute Gasteiger partial charge is 0.226 e. The van der Waals surface area contributed by atoms with Crippen molar-refractivity contribution in [1.29, 1.82) is 0 Å². The third kappa shape index (κ3) is 3.47. The van der Waals surface area contributed by atoms with Crippen molar-refractivity contribution >= 4 is 17.7 Å². The van der Waals surface area contributed by atoms with Crippen molar-refractivity contribution in [1.82, 2.24) is 15.5 Å². The van der Waals surface area contributed by atoms with Gasteiger partial charge in [0.15, 0.2) is 0 Å². The maximum Gasteiger partial charge on any atom is 0.226 e. The summed E-state index contributed by atoms with van der Waals surface area (Å²) < 4.78 is 0. The summed E-state index contributed by atoms with van der Waals surface area (Å²) in [5, 5.41) is 6.05.